The second kappa shape index (κ2) is 12.1. The summed E-state index contributed by atoms with van der Waals surface area (Å²) in [6, 6.07) is 18.1. The summed E-state index contributed by atoms with van der Waals surface area (Å²) in [5.74, 6) is 2.76. The Morgan fingerprint density at radius 2 is 1.34 bits per heavy atom. The van der Waals surface area contributed by atoms with Crippen LogP contribution in [0.3, 0.4) is 0 Å². The van der Waals surface area contributed by atoms with Gasteiger partial charge in [-0.25, -0.2) is 0 Å². The molecule has 3 rings (SSSR count). The van der Waals surface area contributed by atoms with Gasteiger partial charge in [0.05, 0.1) is 6.61 Å². The largest absolute Gasteiger partial charge is 0.494 e. The minimum absolute atomic E-state index is 0.728. The Morgan fingerprint density at radius 1 is 0.724 bits per heavy atom. The third-order valence-corrected chi connectivity index (χ3v) is 6.70. The van der Waals surface area contributed by atoms with E-state index in [1.807, 2.05) is 6.92 Å². The Kier molecular flexibility index (Phi) is 9.12. The predicted molar refractivity (Wildman–Crippen MR) is 125 cm³/mol. The molecule has 0 radical (unpaired) electrons. The van der Waals surface area contributed by atoms with Crippen LogP contribution in [0.25, 0.3) is 0 Å². The summed E-state index contributed by atoms with van der Waals surface area (Å²) in [4.78, 5) is 0. The Morgan fingerprint density at radius 3 is 1.93 bits per heavy atom. The van der Waals surface area contributed by atoms with Gasteiger partial charge in [0.15, 0.2) is 0 Å². The smallest absolute Gasteiger partial charge is 0.119 e. The molecule has 1 saturated carbocycles. The van der Waals surface area contributed by atoms with Gasteiger partial charge in [0, 0.05) is 0 Å². The van der Waals surface area contributed by atoms with Crippen LogP contribution in [0.1, 0.15) is 94.2 Å². The molecule has 0 spiro atoms. The maximum atomic E-state index is 5.53. The van der Waals surface area contributed by atoms with Crippen molar-refractivity contribution < 1.29 is 4.74 Å². The van der Waals surface area contributed by atoms with Gasteiger partial charge in [0.1, 0.15) is 5.75 Å². The first-order valence-electron chi connectivity index (χ1n) is 12.1. The predicted octanol–water partition coefficient (Wildman–Crippen LogP) is 8.11. The molecule has 0 saturated heterocycles. The van der Waals surface area contributed by atoms with E-state index in [-0.39, 0.29) is 0 Å². The highest BCUT2D eigenvalue weighted by atomic mass is 16.5. The van der Waals surface area contributed by atoms with Gasteiger partial charge < -0.3 is 4.74 Å². The molecule has 1 aliphatic carbocycles. The van der Waals surface area contributed by atoms with Gasteiger partial charge in [-0.1, -0.05) is 75.4 Å². The zero-order chi connectivity index (χ0) is 20.3. The van der Waals surface area contributed by atoms with E-state index < -0.39 is 0 Å². The Hall–Kier alpha value is -1.76. The average Bonchev–Trinajstić information content (AvgIpc) is 2.77. The van der Waals surface area contributed by atoms with Gasteiger partial charge in [-0.2, -0.15) is 0 Å². The fourth-order valence-electron chi connectivity index (χ4n) is 4.81. The van der Waals surface area contributed by atoms with Crippen LogP contribution in [0, 0.1) is 5.92 Å². The third kappa shape index (κ3) is 7.21. The molecule has 158 valence electrons. The molecule has 1 nitrogen and oxygen atoms in total. The van der Waals surface area contributed by atoms with E-state index in [2.05, 4.69) is 55.5 Å². The van der Waals surface area contributed by atoms with E-state index in [0.717, 1.165) is 37.0 Å². The van der Waals surface area contributed by atoms with Crippen LogP contribution in [-0.2, 0) is 12.8 Å². The van der Waals surface area contributed by atoms with Gasteiger partial charge >= 0.3 is 0 Å². The first-order chi connectivity index (χ1) is 14.3. The van der Waals surface area contributed by atoms with Crippen molar-refractivity contribution in [3.05, 3.63) is 65.2 Å². The van der Waals surface area contributed by atoms with Crippen LogP contribution in [0.5, 0.6) is 5.75 Å². The van der Waals surface area contributed by atoms with E-state index in [4.69, 9.17) is 4.74 Å². The summed E-state index contributed by atoms with van der Waals surface area (Å²) in [6.45, 7) is 5.06. The van der Waals surface area contributed by atoms with Gasteiger partial charge in [-0.3, -0.25) is 0 Å². The van der Waals surface area contributed by atoms with E-state index in [0.29, 0.717) is 0 Å². The number of hydrogen-bond acceptors (Lipinski definition) is 1. The molecule has 0 unspecified atom stereocenters. The molecule has 0 aliphatic heterocycles. The van der Waals surface area contributed by atoms with E-state index in [9.17, 15) is 0 Å². The molecular weight excluding hydrogens is 352 g/mol. The molecular formula is C28H40O. The van der Waals surface area contributed by atoms with Crippen LogP contribution < -0.4 is 4.74 Å². The maximum Gasteiger partial charge on any atom is 0.119 e. The van der Waals surface area contributed by atoms with Gasteiger partial charge in [0.2, 0.25) is 0 Å². The molecule has 0 atom stereocenters. The second-order valence-electron chi connectivity index (χ2n) is 8.89. The number of hydrogen-bond donors (Lipinski definition) is 0. The molecule has 29 heavy (non-hydrogen) atoms. The number of benzene rings is 2. The summed E-state index contributed by atoms with van der Waals surface area (Å²) in [6.07, 6.45) is 15.0. The number of unbranched alkanes of at least 4 members (excludes halogenated alkanes) is 3. The highest BCUT2D eigenvalue weighted by Crippen LogP contribution is 2.37. The molecule has 0 aromatic heterocycles. The molecule has 2 aromatic rings. The number of aryl methyl sites for hydroxylation is 2. The van der Waals surface area contributed by atoms with Crippen LogP contribution in [0.4, 0.5) is 0 Å². The van der Waals surface area contributed by atoms with Crippen molar-refractivity contribution >= 4 is 0 Å². The van der Waals surface area contributed by atoms with Gasteiger partial charge in [-0.05, 0) is 86.1 Å². The fourth-order valence-corrected chi connectivity index (χ4v) is 4.81. The van der Waals surface area contributed by atoms with Crippen molar-refractivity contribution in [2.24, 2.45) is 5.92 Å². The topological polar surface area (TPSA) is 9.23 Å². The van der Waals surface area contributed by atoms with Crippen LogP contribution in [-0.4, -0.2) is 6.61 Å². The lowest BCUT2D eigenvalue weighted by atomic mass is 9.77. The highest BCUT2D eigenvalue weighted by molar-refractivity contribution is 5.29. The molecule has 0 N–H and O–H groups in total. The Labute approximate surface area is 178 Å². The van der Waals surface area contributed by atoms with Crippen molar-refractivity contribution in [2.45, 2.75) is 90.4 Å². The van der Waals surface area contributed by atoms with Crippen LogP contribution in [0.15, 0.2) is 48.5 Å². The zero-order valence-corrected chi connectivity index (χ0v) is 18.7. The third-order valence-electron chi connectivity index (χ3n) is 6.70. The number of rotatable bonds is 11. The molecule has 0 amide bonds. The normalized spacial score (nSPS) is 19.2. The summed E-state index contributed by atoms with van der Waals surface area (Å²) in [5, 5.41) is 0. The molecule has 1 heteroatoms. The highest BCUT2D eigenvalue weighted by Gasteiger charge is 2.21. The van der Waals surface area contributed by atoms with Crippen molar-refractivity contribution in [3.63, 3.8) is 0 Å². The average molecular weight is 393 g/mol. The summed E-state index contributed by atoms with van der Waals surface area (Å²) >= 11 is 0. The minimum atomic E-state index is 0.728. The lowest BCUT2D eigenvalue weighted by Crippen LogP contribution is -2.13. The SMILES string of the molecule is CCCCCCC1CCC(c2ccc(CCc3ccc(OCC)cc3)cc2)CC1. The van der Waals surface area contributed by atoms with E-state index >= 15 is 0 Å². The van der Waals surface area contributed by atoms with Gasteiger partial charge in [-0.15, -0.1) is 0 Å². The van der Waals surface area contributed by atoms with Crippen molar-refractivity contribution in [1.29, 1.82) is 0 Å². The van der Waals surface area contributed by atoms with Crippen LogP contribution in [0.2, 0.25) is 0 Å². The Bertz CT molecular complexity index is 677. The lowest BCUT2D eigenvalue weighted by Gasteiger charge is -2.29. The van der Waals surface area contributed by atoms with Crippen molar-refractivity contribution in [1.82, 2.24) is 0 Å². The van der Waals surface area contributed by atoms with Gasteiger partial charge in [0.25, 0.3) is 0 Å². The quantitative estimate of drug-likeness (QED) is 0.351. The van der Waals surface area contributed by atoms with E-state index in [1.165, 1.54) is 68.9 Å². The monoisotopic (exact) mass is 392 g/mol. The number of ether oxygens (including phenoxy) is 1. The molecule has 2 aromatic carbocycles. The standard InChI is InChI=1S/C28H40O/c1-3-5-6-7-8-23-11-17-26(18-12-23)27-19-13-24(14-20-27)9-10-25-15-21-28(22-16-25)29-4-2/h13-16,19-23,26H,3-12,17-18H2,1-2H3. The zero-order valence-electron chi connectivity index (χ0n) is 18.7. The van der Waals surface area contributed by atoms with Crippen molar-refractivity contribution in [3.8, 4) is 5.75 Å². The molecule has 1 fully saturated rings. The maximum absolute atomic E-state index is 5.53. The fraction of sp³-hybridized carbons (Fsp3) is 0.571. The molecule has 0 heterocycles. The molecule has 0 bridgehead atoms. The summed E-state index contributed by atoms with van der Waals surface area (Å²) in [5.41, 5.74) is 4.40. The molecule has 1 aliphatic rings. The minimum Gasteiger partial charge on any atom is -0.494 e. The summed E-state index contributed by atoms with van der Waals surface area (Å²) in [7, 11) is 0. The summed E-state index contributed by atoms with van der Waals surface area (Å²) < 4.78 is 5.53. The van der Waals surface area contributed by atoms with Crippen molar-refractivity contribution in [2.75, 3.05) is 6.61 Å². The Balaban J connectivity index is 1.41. The van der Waals surface area contributed by atoms with E-state index in [1.54, 1.807) is 5.56 Å². The van der Waals surface area contributed by atoms with Crippen LogP contribution >= 0.6 is 0 Å². The second-order valence-corrected chi connectivity index (χ2v) is 8.89. The lowest BCUT2D eigenvalue weighted by molar-refractivity contribution is 0.302. The first kappa shape index (κ1) is 21.9. The first-order valence-corrected chi connectivity index (χ1v) is 12.1.